The second kappa shape index (κ2) is 6.26. The predicted molar refractivity (Wildman–Crippen MR) is 65.0 cm³/mol. The zero-order chi connectivity index (χ0) is 14.7. The van der Waals surface area contributed by atoms with Crippen LogP contribution in [-0.4, -0.2) is 18.8 Å². The third-order valence-corrected chi connectivity index (χ3v) is 3.20. The van der Waals surface area contributed by atoms with E-state index in [1.807, 2.05) is 0 Å². The minimum Gasteiger partial charge on any atom is -0.495 e. The Labute approximate surface area is 114 Å². The van der Waals surface area contributed by atoms with Crippen molar-refractivity contribution in [1.29, 1.82) is 0 Å². The highest BCUT2D eigenvalue weighted by molar-refractivity contribution is 5.65. The molecule has 2 rings (SSSR count). The van der Waals surface area contributed by atoms with Crippen molar-refractivity contribution in [1.82, 2.24) is 0 Å². The van der Waals surface area contributed by atoms with Crippen molar-refractivity contribution < 1.29 is 27.0 Å². The molecule has 0 bridgehead atoms. The lowest BCUT2D eigenvalue weighted by molar-refractivity contribution is -0.184. The fourth-order valence-corrected chi connectivity index (χ4v) is 2.14. The van der Waals surface area contributed by atoms with Gasteiger partial charge in [-0.1, -0.05) is 0 Å². The van der Waals surface area contributed by atoms with Crippen LogP contribution in [0.15, 0.2) is 24.5 Å². The molecule has 1 aromatic rings. The van der Waals surface area contributed by atoms with Gasteiger partial charge in [-0.05, 0) is 37.5 Å². The molecule has 0 radical (unpaired) electrons. The summed E-state index contributed by atoms with van der Waals surface area (Å²) in [7, 11) is 0. The molecule has 1 aromatic carbocycles. The van der Waals surface area contributed by atoms with Crippen molar-refractivity contribution in [2.75, 3.05) is 0 Å². The molecule has 1 aliphatic heterocycles. The highest BCUT2D eigenvalue weighted by atomic mass is 19.3. The van der Waals surface area contributed by atoms with Gasteiger partial charge in [0.15, 0.2) is 0 Å². The van der Waals surface area contributed by atoms with E-state index in [0.29, 0.717) is 18.4 Å². The predicted octanol–water partition coefficient (Wildman–Crippen LogP) is 4.11. The monoisotopic (exact) mass is 290 g/mol. The van der Waals surface area contributed by atoms with Gasteiger partial charge < -0.3 is 9.47 Å². The van der Waals surface area contributed by atoms with Gasteiger partial charge in [0.2, 0.25) is 0 Å². The molecule has 2 atom stereocenters. The summed E-state index contributed by atoms with van der Waals surface area (Å²) < 4.78 is 60.3. The third kappa shape index (κ3) is 3.50. The maximum Gasteiger partial charge on any atom is 0.345 e. The van der Waals surface area contributed by atoms with Gasteiger partial charge in [-0.3, -0.25) is 0 Å². The van der Waals surface area contributed by atoms with Gasteiger partial charge in [0.1, 0.15) is 17.7 Å². The lowest BCUT2D eigenvalue weighted by Crippen LogP contribution is -2.31. The van der Waals surface area contributed by atoms with Gasteiger partial charge >= 0.3 is 6.61 Å². The molecule has 1 aliphatic rings. The number of ether oxygens (including phenoxy) is 2. The van der Waals surface area contributed by atoms with E-state index in [-0.39, 0.29) is 5.56 Å². The minimum atomic E-state index is -2.85. The average molecular weight is 290 g/mol. The molecule has 110 valence electrons. The van der Waals surface area contributed by atoms with Crippen LogP contribution in [0.25, 0.3) is 5.57 Å². The van der Waals surface area contributed by atoms with Crippen molar-refractivity contribution in [3.05, 3.63) is 41.7 Å². The van der Waals surface area contributed by atoms with Crippen molar-refractivity contribution in [3.63, 3.8) is 0 Å². The van der Waals surface area contributed by atoms with Crippen molar-refractivity contribution in [3.8, 4) is 0 Å². The first-order valence-electron chi connectivity index (χ1n) is 6.21. The van der Waals surface area contributed by atoms with Crippen LogP contribution >= 0.6 is 0 Å². The number of benzene rings is 1. The molecule has 1 unspecified atom stereocenters. The van der Waals surface area contributed by atoms with Gasteiger partial charge in [0, 0.05) is 11.6 Å². The summed E-state index contributed by atoms with van der Waals surface area (Å²) >= 11 is 0. The van der Waals surface area contributed by atoms with E-state index in [9.17, 15) is 17.6 Å². The fraction of sp³-hybridized carbons (Fsp3) is 0.429. The van der Waals surface area contributed by atoms with Gasteiger partial charge in [-0.2, -0.15) is 8.78 Å². The quantitative estimate of drug-likeness (QED) is 0.777. The van der Waals surface area contributed by atoms with Gasteiger partial charge in [0.05, 0.1) is 12.4 Å². The van der Waals surface area contributed by atoms with Crippen LogP contribution in [0, 0.1) is 11.6 Å². The molecule has 0 aliphatic carbocycles. The average Bonchev–Trinajstić information content (AvgIpc) is 2.38. The minimum absolute atomic E-state index is 0.257. The molecule has 20 heavy (non-hydrogen) atoms. The second-order valence-electron chi connectivity index (χ2n) is 4.58. The van der Waals surface area contributed by atoms with Crippen LogP contribution in [0.3, 0.4) is 0 Å². The topological polar surface area (TPSA) is 18.5 Å². The van der Waals surface area contributed by atoms with E-state index in [0.717, 1.165) is 12.1 Å². The molecule has 0 saturated carbocycles. The van der Waals surface area contributed by atoms with Crippen LogP contribution < -0.4 is 0 Å². The molecule has 0 saturated heterocycles. The maximum atomic E-state index is 13.6. The Morgan fingerprint density at radius 2 is 2.05 bits per heavy atom. The third-order valence-electron chi connectivity index (χ3n) is 3.20. The number of halogens is 4. The lowest BCUT2D eigenvalue weighted by atomic mass is 9.96. The molecule has 0 N–H and O–H groups in total. The van der Waals surface area contributed by atoms with Crippen molar-refractivity contribution in [2.24, 2.45) is 0 Å². The number of rotatable bonds is 4. The lowest BCUT2D eigenvalue weighted by Gasteiger charge is -2.28. The van der Waals surface area contributed by atoms with E-state index >= 15 is 0 Å². The Morgan fingerprint density at radius 1 is 1.30 bits per heavy atom. The zero-order valence-electron chi connectivity index (χ0n) is 10.8. The normalized spacial score (nSPS) is 20.5. The molecule has 2 nitrogen and oxygen atoms in total. The molecule has 6 heteroatoms. The molecular weight excluding hydrogens is 276 g/mol. The Hall–Kier alpha value is -1.56. The Kier molecular flexibility index (Phi) is 4.65. The number of hydrogen-bond acceptors (Lipinski definition) is 2. The summed E-state index contributed by atoms with van der Waals surface area (Å²) in [5, 5.41) is 0. The van der Waals surface area contributed by atoms with E-state index in [4.69, 9.17) is 4.74 Å². The number of hydrogen-bond donors (Lipinski definition) is 0. The highest BCUT2D eigenvalue weighted by Gasteiger charge is 2.26. The van der Waals surface area contributed by atoms with Gasteiger partial charge in [0.25, 0.3) is 0 Å². The first-order chi connectivity index (χ1) is 9.47. The largest absolute Gasteiger partial charge is 0.495 e. The summed E-state index contributed by atoms with van der Waals surface area (Å²) in [6, 6.07) is 3.29. The Balaban J connectivity index is 2.05. The van der Waals surface area contributed by atoms with E-state index in [1.54, 1.807) is 0 Å². The standard InChI is InChI=1S/C14H14F4O2/c1-8(20-14(17)18)13-5-2-9(7-19-13)11-4-3-10(15)6-12(11)16/h3-4,6-8,13-14H,2,5H2,1H3/t8-,13?/m0/s1. The Morgan fingerprint density at radius 3 is 2.60 bits per heavy atom. The van der Waals surface area contributed by atoms with Crippen LogP contribution in [0.4, 0.5) is 17.6 Å². The van der Waals surface area contributed by atoms with E-state index < -0.39 is 30.5 Å². The first kappa shape index (κ1) is 14.8. The molecule has 0 spiro atoms. The van der Waals surface area contributed by atoms with Gasteiger partial charge in [-0.15, -0.1) is 0 Å². The second-order valence-corrected chi connectivity index (χ2v) is 4.58. The van der Waals surface area contributed by atoms with Gasteiger partial charge in [-0.25, -0.2) is 8.78 Å². The molecule has 0 fully saturated rings. The maximum absolute atomic E-state index is 13.6. The fourth-order valence-electron chi connectivity index (χ4n) is 2.14. The summed E-state index contributed by atoms with van der Waals surface area (Å²) in [6.07, 6.45) is 0.943. The van der Waals surface area contributed by atoms with Crippen LogP contribution in [-0.2, 0) is 9.47 Å². The van der Waals surface area contributed by atoms with E-state index in [1.165, 1.54) is 19.3 Å². The number of allylic oxidation sites excluding steroid dienone is 1. The Bertz CT molecular complexity index is 502. The molecule has 0 amide bonds. The summed E-state index contributed by atoms with van der Waals surface area (Å²) in [5.74, 6) is -1.32. The van der Waals surface area contributed by atoms with Crippen LogP contribution in [0.2, 0.25) is 0 Å². The summed E-state index contributed by atoms with van der Waals surface area (Å²) in [5.41, 5.74) is 0.829. The number of alkyl halides is 2. The van der Waals surface area contributed by atoms with Crippen molar-refractivity contribution in [2.45, 2.75) is 38.6 Å². The molecule has 1 heterocycles. The first-order valence-corrected chi connectivity index (χ1v) is 6.21. The smallest absolute Gasteiger partial charge is 0.345 e. The highest BCUT2D eigenvalue weighted by Crippen LogP contribution is 2.30. The summed E-state index contributed by atoms with van der Waals surface area (Å²) in [6.45, 7) is -1.36. The van der Waals surface area contributed by atoms with Crippen LogP contribution in [0.5, 0.6) is 0 Å². The summed E-state index contributed by atoms with van der Waals surface area (Å²) in [4.78, 5) is 0. The van der Waals surface area contributed by atoms with Crippen LogP contribution in [0.1, 0.15) is 25.3 Å². The van der Waals surface area contributed by atoms with Crippen molar-refractivity contribution >= 4 is 5.57 Å². The molecule has 0 aromatic heterocycles. The SMILES string of the molecule is C[C@H](OC(F)F)C1CCC(c2ccc(F)cc2F)=CO1. The molecular formula is C14H14F4O2. The zero-order valence-corrected chi connectivity index (χ0v) is 10.8. The van der Waals surface area contributed by atoms with E-state index in [2.05, 4.69) is 4.74 Å².